The molecule has 2 N–H and O–H groups in total. The van der Waals surface area contributed by atoms with Crippen molar-refractivity contribution < 1.29 is 4.79 Å². The number of likely N-dealkylation sites (tertiary alicyclic amines) is 1. The van der Waals surface area contributed by atoms with E-state index in [0.29, 0.717) is 6.04 Å². The van der Waals surface area contributed by atoms with Gasteiger partial charge in [0.05, 0.1) is 0 Å². The van der Waals surface area contributed by atoms with E-state index in [9.17, 15) is 4.79 Å². The van der Waals surface area contributed by atoms with Gasteiger partial charge in [0.25, 0.3) is 0 Å². The zero-order chi connectivity index (χ0) is 10.7. The first-order chi connectivity index (χ1) is 7.25. The fourth-order valence-electron chi connectivity index (χ4n) is 2.46. The van der Waals surface area contributed by atoms with Crippen LogP contribution < -0.4 is 10.6 Å². The second-order valence-electron chi connectivity index (χ2n) is 4.78. The minimum atomic E-state index is 0.247. The van der Waals surface area contributed by atoms with Crippen LogP contribution in [0.3, 0.4) is 0 Å². The zero-order valence-corrected chi connectivity index (χ0v) is 9.46. The molecule has 0 saturated carbocycles. The number of piperidine rings is 1. The highest BCUT2D eigenvalue weighted by Crippen LogP contribution is 2.13. The lowest BCUT2D eigenvalue weighted by Gasteiger charge is -2.23. The van der Waals surface area contributed by atoms with E-state index in [2.05, 4.69) is 22.6 Å². The summed E-state index contributed by atoms with van der Waals surface area (Å²) in [5.74, 6) is 0.522. The third kappa shape index (κ3) is 2.92. The third-order valence-electron chi connectivity index (χ3n) is 3.45. The van der Waals surface area contributed by atoms with E-state index in [-0.39, 0.29) is 11.8 Å². The Balaban J connectivity index is 1.76. The number of likely N-dealkylation sites (N-methyl/N-ethyl adjacent to an activating group) is 1. The van der Waals surface area contributed by atoms with Crippen molar-refractivity contribution in [1.82, 2.24) is 15.5 Å². The smallest absolute Gasteiger partial charge is 0.223 e. The van der Waals surface area contributed by atoms with Gasteiger partial charge in [-0.25, -0.2) is 0 Å². The largest absolute Gasteiger partial charge is 0.352 e. The highest BCUT2D eigenvalue weighted by Gasteiger charge is 2.26. The minimum absolute atomic E-state index is 0.247. The van der Waals surface area contributed by atoms with E-state index < -0.39 is 0 Å². The van der Waals surface area contributed by atoms with Crippen LogP contribution in [0.4, 0.5) is 0 Å². The Bertz CT molecular complexity index is 226. The first-order valence-corrected chi connectivity index (χ1v) is 5.95. The van der Waals surface area contributed by atoms with E-state index in [0.717, 1.165) is 45.4 Å². The van der Waals surface area contributed by atoms with Gasteiger partial charge < -0.3 is 15.5 Å². The Morgan fingerprint density at radius 2 is 2.07 bits per heavy atom. The molecule has 2 heterocycles. The second kappa shape index (κ2) is 4.94. The average molecular weight is 211 g/mol. The molecule has 0 aromatic rings. The maximum atomic E-state index is 11.9. The quantitative estimate of drug-likeness (QED) is 0.665. The van der Waals surface area contributed by atoms with Gasteiger partial charge >= 0.3 is 0 Å². The van der Waals surface area contributed by atoms with Crippen LogP contribution in [0.15, 0.2) is 0 Å². The second-order valence-corrected chi connectivity index (χ2v) is 4.78. The molecule has 0 bridgehead atoms. The van der Waals surface area contributed by atoms with E-state index >= 15 is 0 Å². The highest BCUT2D eigenvalue weighted by atomic mass is 16.2. The van der Waals surface area contributed by atoms with Gasteiger partial charge in [-0.2, -0.15) is 0 Å². The van der Waals surface area contributed by atoms with Gasteiger partial charge in [-0.15, -0.1) is 0 Å². The number of nitrogens with one attached hydrogen (secondary N) is 2. The molecule has 2 fully saturated rings. The van der Waals surface area contributed by atoms with Gasteiger partial charge in [0.2, 0.25) is 5.91 Å². The summed E-state index contributed by atoms with van der Waals surface area (Å²) in [6, 6.07) is 0.386. The van der Waals surface area contributed by atoms with Crippen molar-refractivity contribution in [3.8, 4) is 0 Å². The molecular weight excluding hydrogens is 190 g/mol. The summed E-state index contributed by atoms with van der Waals surface area (Å²) < 4.78 is 0. The van der Waals surface area contributed by atoms with Crippen LogP contribution in [0.1, 0.15) is 19.3 Å². The molecule has 0 spiro atoms. The van der Waals surface area contributed by atoms with Gasteiger partial charge in [0, 0.05) is 18.5 Å². The zero-order valence-electron chi connectivity index (χ0n) is 9.46. The van der Waals surface area contributed by atoms with Gasteiger partial charge in [0.15, 0.2) is 0 Å². The summed E-state index contributed by atoms with van der Waals surface area (Å²) in [4.78, 5) is 14.2. The fraction of sp³-hybridized carbons (Fsp3) is 0.909. The van der Waals surface area contributed by atoms with Crippen molar-refractivity contribution >= 4 is 5.91 Å². The van der Waals surface area contributed by atoms with Crippen LogP contribution in [0.25, 0.3) is 0 Å². The molecule has 2 saturated heterocycles. The lowest BCUT2D eigenvalue weighted by Crippen LogP contribution is -2.43. The molecule has 86 valence electrons. The number of hydrogen-bond acceptors (Lipinski definition) is 3. The first-order valence-electron chi connectivity index (χ1n) is 5.95. The summed E-state index contributed by atoms with van der Waals surface area (Å²) in [7, 11) is 2.11. The highest BCUT2D eigenvalue weighted by molar-refractivity contribution is 5.79. The summed E-state index contributed by atoms with van der Waals surface area (Å²) in [6.07, 6.45) is 3.09. The Morgan fingerprint density at radius 3 is 2.67 bits per heavy atom. The normalized spacial score (nSPS) is 29.3. The van der Waals surface area contributed by atoms with Crippen LogP contribution >= 0.6 is 0 Å². The molecule has 1 amide bonds. The van der Waals surface area contributed by atoms with E-state index in [4.69, 9.17) is 0 Å². The van der Waals surface area contributed by atoms with E-state index in [1.807, 2.05) is 0 Å². The molecular formula is C11H21N3O. The average Bonchev–Trinajstić information content (AvgIpc) is 2.65. The van der Waals surface area contributed by atoms with Crippen molar-refractivity contribution in [3.63, 3.8) is 0 Å². The van der Waals surface area contributed by atoms with Gasteiger partial charge in [-0.3, -0.25) is 4.79 Å². The number of nitrogens with zero attached hydrogens (tertiary/aromatic N) is 1. The molecule has 0 aromatic heterocycles. The number of rotatable bonds is 2. The van der Waals surface area contributed by atoms with Crippen molar-refractivity contribution in [2.75, 3.05) is 33.2 Å². The maximum absolute atomic E-state index is 11.9. The first kappa shape index (κ1) is 10.9. The minimum Gasteiger partial charge on any atom is -0.352 e. The standard InChI is InChI=1S/C11H21N3O/c1-14-7-4-10(8-14)13-11(15)9-2-5-12-6-3-9/h9-10,12H,2-8H2,1H3,(H,13,15)/t10-/m1/s1. The number of amides is 1. The Labute approximate surface area is 91.4 Å². The predicted octanol–water partition coefficient (Wildman–Crippen LogP) is -0.194. The lowest BCUT2D eigenvalue weighted by atomic mass is 9.97. The molecule has 15 heavy (non-hydrogen) atoms. The number of carbonyl (C=O) groups is 1. The Kier molecular flexibility index (Phi) is 3.59. The lowest BCUT2D eigenvalue weighted by molar-refractivity contribution is -0.126. The van der Waals surface area contributed by atoms with Gasteiger partial charge in [-0.05, 0) is 45.9 Å². The van der Waals surface area contributed by atoms with Crippen molar-refractivity contribution in [3.05, 3.63) is 0 Å². The molecule has 2 rings (SSSR count). The van der Waals surface area contributed by atoms with E-state index in [1.165, 1.54) is 0 Å². The van der Waals surface area contributed by atoms with Crippen molar-refractivity contribution in [1.29, 1.82) is 0 Å². The van der Waals surface area contributed by atoms with Crippen LogP contribution in [0.5, 0.6) is 0 Å². The molecule has 2 aliphatic rings. The summed E-state index contributed by atoms with van der Waals surface area (Å²) in [6.45, 7) is 4.10. The van der Waals surface area contributed by atoms with Crippen LogP contribution in [-0.2, 0) is 4.79 Å². The van der Waals surface area contributed by atoms with Crippen LogP contribution in [-0.4, -0.2) is 50.1 Å². The Hall–Kier alpha value is -0.610. The third-order valence-corrected chi connectivity index (χ3v) is 3.45. The van der Waals surface area contributed by atoms with E-state index in [1.54, 1.807) is 0 Å². The molecule has 0 radical (unpaired) electrons. The summed E-state index contributed by atoms with van der Waals surface area (Å²) in [5.41, 5.74) is 0. The van der Waals surface area contributed by atoms with Crippen molar-refractivity contribution in [2.45, 2.75) is 25.3 Å². The summed E-state index contributed by atoms with van der Waals surface area (Å²) in [5, 5.41) is 6.45. The molecule has 0 aromatic carbocycles. The predicted molar refractivity (Wildman–Crippen MR) is 59.6 cm³/mol. The Morgan fingerprint density at radius 1 is 1.33 bits per heavy atom. The van der Waals surface area contributed by atoms with Gasteiger partial charge in [-0.1, -0.05) is 0 Å². The molecule has 0 unspecified atom stereocenters. The van der Waals surface area contributed by atoms with Gasteiger partial charge in [0.1, 0.15) is 0 Å². The van der Waals surface area contributed by atoms with Crippen LogP contribution in [0, 0.1) is 5.92 Å². The molecule has 4 nitrogen and oxygen atoms in total. The summed E-state index contributed by atoms with van der Waals surface area (Å²) >= 11 is 0. The number of carbonyl (C=O) groups excluding carboxylic acids is 1. The molecule has 0 aliphatic carbocycles. The molecule has 4 heteroatoms. The topological polar surface area (TPSA) is 44.4 Å². The molecule has 2 aliphatic heterocycles. The number of hydrogen-bond donors (Lipinski definition) is 2. The maximum Gasteiger partial charge on any atom is 0.223 e. The molecule has 1 atom stereocenters. The SMILES string of the molecule is CN1CC[C@@H](NC(=O)C2CCNCC2)C1. The fourth-order valence-corrected chi connectivity index (χ4v) is 2.46. The van der Waals surface area contributed by atoms with Crippen LogP contribution in [0.2, 0.25) is 0 Å². The van der Waals surface area contributed by atoms with Crippen molar-refractivity contribution in [2.24, 2.45) is 5.92 Å². The monoisotopic (exact) mass is 211 g/mol.